The molecule has 0 fully saturated rings. The molecule has 3 aromatic rings. The summed E-state index contributed by atoms with van der Waals surface area (Å²) in [7, 11) is 0. The van der Waals surface area contributed by atoms with Crippen molar-refractivity contribution in [3.63, 3.8) is 0 Å². The molecule has 0 N–H and O–H groups in total. The molecule has 3 rings (SSSR count). The number of benzene rings is 2. The Labute approximate surface area is 138 Å². The summed E-state index contributed by atoms with van der Waals surface area (Å²) in [6.45, 7) is 0. The number of rotatable bonds is 3. The third-order valence-electron chi connectivity index (χ3n) is 3.04. The Morgan fingerprint density at radius 3 is 2.59 bits per heavy atom. The Morgan fingerprint density at radius 2 is 1.91 bits per heavy atom. The number of hydrogen-bond acceptors (Lipinski definition) is 4. The van der Waals surface area contributed by atoms with Gasteiger partial charge in [-0.2, -0.15) is 0 Å². The van der Waals surface area contributed by atoms with Gasteiger partial charge in [-0.25, -0.2) is 4.98 Å². The van der Waals surface area contributed by atoms with Crippen LogP contribution in [0.25, 0.3) is 10.8 Å². The number of nitrogens with zero attached hydrogens (tertiary/aromatic N) is 2. The van der Waals surface area contributed by atoms with Gasteiger partial charge in [0, 0.05) is 21.9 Å². The smallest absolute Gasteiger partial charge is 0.288 e. The molecular formula is C15H8BrClN2O3. The normalized spacial score (nSPS) is 10.6. The van der Waals surface area contributed by atoms with Gasteiger partial charge in [0.15, 0.2) is 0 Å². The largest absolute Gasteiger partial charge is 0.437 e. The molecule has 0 unspecified atom stereocenters. The Bertz CT molecular complexity index is 886. The van der Waals surface area contributed by atoms with Gasteiger partial charge in [-0.3, -0.25) is 10.1 Å². The van der Waals surface area contributed by atoms with Crippen molar-refractivity contribution in [2.24, 2.45) is 0 Å². The maximum absolute atomic E-state index is 10.7. The number of pyridine rings is 1. The summed E-state index contributed by atoms with van der Waals surface area (Å²) in [4.78, 5) is 14.2. The van der Waals surface area contributed by atoms with Crippen LogP contribution in [0, 0.1) is 10.1 Å². The van der Waals surface area contributed by atoms with E-state index in [-0.39, 0.29) is 11.6 Å². The highest BCUT2D eigenvalue weighted by Gasteiger charge is 2.13. The lowest BCUT2D eigenvalue weighted by atomic mass is 10.1. The molecule has 0 radical (unpaired) electrons. The van der Waals surface area contributed by atoms with E-state index >= 15 is 0 Å². The summed E-state index contributed by atoms with van der Waals surface area (Å²) in [6.07, 6.45) is 1.15. The molecule has 0 saturated heterocycles. The van der Waals surface area contributed by atoms with Crippen LogP contribution in [0.5, 0.6) is 11.6 Å². The van der Waals surface area contributed by atoms with Gasteiger partial charge in [-0.15, -0.1) is 0 Å². The third kappa shape index (κ3) is 2.75. The van der Waals surface area contributed by atoms with Crippen molar-refractivity contribution in [1.29, 1.82) is 0 Å². The van der Waals surface area contributed by atoms with Gasteiger partial charge >= 0.3 is 0 Å². The number of ether oxygens (including phenoxy) is 1. The van der Waals surface area contributed by atoms with Crippen LogP contribution in [0.2, 0.25) is 5.02 Å². The molecule has 0 aliphatic heterocycles. The molecule has 7 heteroatoms. The van der Waals surface area contributed by atoms with E-state index in [0.29, 0.717) is 15.2 Å². The van der Waals surface area contributed by atoms with E-state index in [1.165, 1.54) is 6.07 Å². The highest BCUT2D eigenvalue weighted by Crippen LogP contribution is 2.36. The Morgan fingerprint density at radius 1 is 1.18 bits per heavy atom. The fourth-order valence-corrected chi connectivity index (χ4v) is 2.66. The predicted molar refractivity (Wildman–Crippen MR) is 87.6 cm³/mol. The fourth-order valence-electron chi connectivity index (χ4n) is 2.02. The van der Waals surface area contributed by atoms with Crippen molar-refractivity contribution in [1.82, 2.24) is 4.98 Å². The second-order valence-electron chi connectivity index (χ2n) is 4.43. The van der Waals surface area contributed by atoms with Crippen LogP contribution < -0.4 is 4.74 Å². The first-order valence-corrected chi connectivity index (χ1v) is 7.38. The summed E-state index contributed by atoms with van der Waals surface area (Å²) in [6, 6.07) is 12.4. The van der Waals surface area contributed by atoms with Crippen LogP contribution in [0.3, 0.4) is 0 Å². The third-order valence-corrected chi connectivity index (χ3v) is 3.94. The summed E-state index contributed by atoms with van der Waals surface area (Å²) in [5, 5.41) is 13.0. The molecule has 5 nitrogen and oxygen atoms in total. The second-order valence-corrected chi connectivity index (χ2v) is 5.69. The minimum Gasteiger partial charge on any atom is -0.437 e. The van der Waals surface area contributed by atoms with Crippen LogP contribution in [0.4, 0.5) is 5.69 Å². The summed E-state index contributed by atoms with van der Waals surface area (Å²) >= 11 is 9.40. The van der Waals surface area contributed by atoms with Crippen LogP contribution in [0.15, 0.2) is 53.1 Å². The number of fused-ring (bicyclic) bond motifs is 1. The molecule has 0 bridgehead atoms. The van der Waals surface area contributed by atoms with Gasteiger partial charge in [0.2, 0.25) is 5.88 Å². The molecule has 0 aliphatic rings. The predicted octanol–water partition coefficient (Wildman–Crippen LogP) is 5.35. The Hall–Kier alpha value is -2.18. The van der Waals surface area contributed by atoms with Crippen molar-refractivity contribution in [3.8, 4) is 11.6 Å². The van der Waals surface area contributed by atoms with Crippen molar-refractivity contribution < 1.29 is 9.66 Å². The molecule has 0 spiro atoms. The van der Waals surface area contributed by atoms with E-state index in [1.54, 1.807) is 12.1 Å². The molecule has 0 aliphatic carbocycles. The summed E-state index contributed by atoms with van der Waals surface area (Å²) in [5.41, 5.74) is -0.111. The maximum atomic E-state index is 10.7. The van der Waals surface area contributed by atoms with Crippen LogP contribution >= 0.6 is 27.5 Å². The van der Waals surface area contributed by atoms with E-state index in [9.17, 15) is 10.1 Å². The molecule has 110 valence electrons. The van der Waals surface area contributed by atoms with Crippen LogP contribution in [-0.2, 0) is 0 Å². The fraction of sp³-hybridized carbons (Fsp3) is 0. The molecular weight excluding hydrogens is 372 g/mol. The average molecular weight is 380 g/mol. The number of hydrogen-bond donors (Lipinski definition) is 0. The lowest BCUT2D eigenvalue weighted by Gasteiger charge is -2.10. The Kier molecular flexibility index (Phi) is 3.96. The zero-order chi connectivity index (χ0) is 15.7. The zero-order valence-corrected chi connectivity index (χ0v) is 13.3. The van der Waals surface area contributed by atoms with E-state index in [2.05, 4.69) is 20.9 Å². The zero-order valence-electron chi connectivity index (χ0n) is 11.0. The van der Waals surface area contributed by atoms with E-state index < -0.39 is 4.92 Å². The number of halogens is 2. The van der Waals surface area contributed by atoms with Gasteiger partial charge < -0.3 is 4.74 Å². The number of aromatic nitrogens is 1. The molecule has 0 atom stereocenters. The second kappa shape index (κ2) is 5.90. The van der Waals surface area contributed by atoms with E-state index in [4.69, 9.17) is 16.3 Å². The van der Waals surface area contributed by atoms with Crippen molar-refractivity contribution >= 4 is 44.0 Å². The number of nitro groups is 1. The minimum atomic E-state index is -0.515. The molecule has 22 heavy (non-hydrogen) atoms. The lowest BCUT2D eigenvalue weighted by Crippen LogP contribution is -1.94. The van der Waals surface area contributed by atoms with Crippen molar-refractivity contribution in [2.75, 3.05) is 0 Å². The first-order valence-electron chi connectivity index (χ1n) is 6.21. The van der Waals surface area contributed by atoms with Crippen molar-refractivity contribution in [2.45, 2.75) is 0 Å². The monoisotopic (exact) mass is 378 g/mol. The molecule has 1 heterocycles. The summed E-state index contributed by atoms with van der Waals surface area (Å²) in [5.74, 6) is 0.820. The quantitative estimate of drug-likeness (QED) is 0.454. The van der Waals surface area contributed by atoms with Crippen LogP contribution in [0.1, 0.15) is 0 Å². The van der Waals surface area contributed by atoms with Gasteiger partial charge in [0.1, 0.15) is 11.9 Å². The first-order chi connectivity index (χ1) is 10.6. The highest BCUT2D eigenvalue weighted by atomic mass is 79.9. The lowest BCUT2D eigenvalue weighted by molar-refractivity contribution is -0.385. The standard InChI is InChI=1S/C15H8BrClN2O3/c16-12-7-9(19(20)21)8-18-15(12)22-14-6-5-13(17)10-3-1-2-4-11(10)14/h1-8H. The minimum absolute atomic E-state index is 0.111. The maximum Gasteiger partial charge on any atom is 0.288 e. The van der Waals surface area contributed by atoms with Gasteiger partial charge in [-0.05, 0) is 28.1 Å². The van der Waals surface area contributed by atoms with Crippen molar-refractivity contribution in [3.05, 3.63) is 68.3 Å². The molecule has 1 aromatic heterocycles. The van der Waals surface area contributed by atoms with Gasteiger partial charge in [-0.1, -0.05) is 35.9 Å². The average Bonchev–Trinajstić information content (AvgIpc) is 2.52. The Balaban J connectivity index is 2.04. The SMILES string of the molecule is O=[N+]([O-])c1cnc(Oc2ccc(Cl)c3ccccc23)c(Br)c1. The van der Waals surface area contributed by atoms with E-state index in [0.717, 1.165) is 17.0 Å². The van der Waals surface area contributed by atoms with Gasteiger partial charge in [0.25, 0.3) is 5.69 Å². The summed E-state index contributed by atoms with van der Waals surface area (Å²) < 4.78 is 6.18. The molecule has 0 amide bonds. The highest BCUT2D eigenvalue weighted by molar-refractivity contribution is 9.10. The molecule has 0 saturated carbocycles. The molecule has 2 aromatic carbocycles. The topological polar surface area (TPSA) is 65.3 Å². The van der Waals surface area contributed by atoms with Crippen LogP contribution in [-0.4, -0.2) is 9.91 Å². The van der Waals surface area contributed by atoms with E-state index in [1.807, 2.05) is 24.3 Å². The first kappa shape index (κ1) is 14.7. The van der Waals surface area contributed by atoms with Gasteiger partial charge in [0.05, 0.1) is 9.40 Å².